The standard InChI is InChI=1S/C11H14FNO2/c1-15-11(10(13)6-12)9-4-2-8(7-14)3-5-9/h2-5,7,10-11H,6,13H2,1H3/t10-,11-/m1/s1. The number of aldehydes is 1. The molecule has 1 rings (SSSR count). The van der Waals surface area contributed by atoms with E-state index in [9.17, 15) is 9.18 Å². The van der Waals surface area contributed by atoms with Gasteiger partial charge in [0.1, 0.15) is 13.0 Å². The molecule has 82 valence electrons. The van der Waals surface area contributed by atoms with Crippen molar-refractivity contribution in [3.05, 3.63) is 35.4 Å². The lowest BCUT2D eigenvalue weighted by atomic mass is 10.0. The predicted molar refractivity (Wildman–Crippen MR) is 55.5 cm³/mol. The molecule has 0 fully saturated rings. The summed E-state index contributed by atoms with van der Waals surface area (Å²) in [7, 11) is 1.48. The fraction of sp³-hybridized carbons (Fsp3) is 0.364. The number of hydrogen-bond acceptors (Lipinski definition) is 3. The highest BCUT2D eigenvalue weighted by atomic mass is 19.1. The third kappa shape index (κ3) is 2.84. The van der Waals surface area contributed by atoms with Gasteiger partial charge in [0.25, 0.3) is 0 Å². The van der Waals surface area contributed by atoms with Crippen LogP contribution in [-0.4, -0.2) is 26.1 Å². The van der Waals surface area contributed by atoms with Crippen LogP contribution < -0.4 is 5.73 Å². The van der Waals surface area contributed by atoms with Crippen molar-refractivity contribution in [2.24, 2.45) is 5.73 Å². The van der Waals surface area contributed by atoms with E-state index in [0.717, 1.165) is 11.8 Å². The van der Waals surface area contributed by atoms with Gasteiger partial charge in [-0.1, -0.05) is 24.3 Å². The summed E-state index contributed by atoms with van der Waals surface area (Å²) in [4.78, 5) is 10.4. The minimum atomic E-state index is -0.683. The molecule has 1 aromatic carbocycles. The van der Waals surface area contributed by atoms with Crippen LogP contribution in [0.3, 0.4) is 0 Å². The number of nitrogens with two attached hydrogens (primary N) is 1. The van der Waals surface area contributed by atoms with Crippen molar-refractivity contribution in [3.8, 4) is 0 Å². The van der Waals surface area contributed by atoms with Crippen molar-refractivity contribution in [2.75, 3.05) is 13.8 Å². The van der Waals surface area contributed by atoms with Crippen molar-refractivity contribution in [3.63, 3.8) is 0 Å². The van der Waals surface area contributed by atoms with E-state index in [2.05, 4.69) is 0 Å². The number of rotatable bonds is 5. The van der Waals surface area contributed by atoms with Crippen LogP contribution in [0.4, 0.5) is 4.39 Å². The van der Waals surface area contributed by atoms with Crippen molar-refractivity contribution < 1.29 is 13.9 Å². The minimum Gasteiger partial charge on any atom is -0.375 e. The van der Waals surface area contributed by atoms with Gasteiger partial charge in [0.2, 0.25) is 0 Å². The Labute approximate surface area is 88.0 Å². The number of hydrogen-bond donors (Lipinski definition) is 1. The van der Waals surface area contributed by atoms with Gasteiger partial charge in [-0.3, -0.25) is 4.79 Å². The zero-order chi connectivity index (χ0) is 11.3. The molecule has 0 aliphatic carbocycles. The Morgan fingerprint density at radius 3 is 2.47 bits per heavy atom. The zero-order valence-corrected chi connectivity index (χ0v) is 8.52. The Morgan fingerprint density at radius 1 is 1.47 bits per heavy atom. The van der Waals surface area contributed by atoms with Gasteiger partial charge in [0, 0.05) is 12.7 Å². The minimum absolute atomic E-state index is 0.476. The molecular formula is C11H14FNO2. The lowest BCUT2D eigenvalue weighted by Gasteiger charge is -2.20. The first-order valence-electron chi connectivity index (χ1n) is 4.62. The van der Waals surface area contributed by atoms with E-state index in [1.54, 1.807) is 24.3 Å². The molecule has 2 N–H and O–H groups in total. The van der Waals surface area contributed by atoms with Gasteiger partial charge in [-0.2, -0.15) is 0 Å². The molecule has 0 aliphatic rings. The Kier molecular flexibility index (Phi) is 4.39. The van der Waals surface area contributed by atoms with Gasteiger partial charge < -0.3 is 10.5 Å². The molecular weight excluding hydrogens is 197 g/mol. The van der Waals surface area contributed by atoms with Crippen LogP contribution in [0.1, 0.15) is 22.0 Å². The molecule has 0 radical (unpaired) electrons. The van der Waals surface area contributed by atoms with E-state index in [4.69, 9.17) is 10.5 Å². The highest BCUT2D eigenvalue weighted by Crippen LogP contribution is 2.20. The fourth-order valence-corrected chi connectivity index (χ4v) is 1.40. The van der Waals surface area contributed by atoms with Crippen LogP contribution in [0.15, 0.2) is 24.3 Å². The number of methoxy groups -OCH3 is 1. The van der Waals surface area contributed by atoms with Crippen LogP contribution in [0.25, 0.3) is 0 Å². The third-order valence-corrected chi connectivity index (χ3v) is 2.22. The molecule has 3 nitrogen and oxygen atoms in total. The van der Waals surface area contributed by atoms with E-state index < -0.39 is 18.8 Å². The van der Waals surface area contributed by atoms with Crippen LogP contribution in [0, 0.1) is 0 Å². The maximum Gasteiger partial charge on any atom is 0.150 e. The first-order chi connectivity index (χ1) is 7.22. The number of benzene rings is 1. The molecule has 0 heterocycles. The van der Waals surface area contributed by atoms with E-state index in [1.807, 2.05) is 0 Å². The van der Waals surface area contributed by atoms with Gasteiger partial charge in [-0.25, -0.2) is 4.39 Å². The summed E-state index contributed by atoms with van der Waals surface area (Å²) in [5.74, 6) is 0. The van der Waals surface area contributed by atoms with Gasteiger partial charge in [-0.05, 0) is 5.56 Å². The summed E-state index contributed by atoms with van der Waals surface area (Å²) in [6.45, 7) is -0.645. The summed E-state index contributed by atoms with van der Waals surface area (Å²) in [6, 6.07) is 6.05. The first kappa shape index (κ1) is 11.8. The van der Waals surface area contributed by atoms with Crippen molar-refractivity contribution in [1.29, 1.82) is 0 Å². The summed E-state index contributed by atoms with van der Waals surface area (Å²) in [5.41, 5.74) is 6.90. The third-order valence-electron chi connectivity index (χ3n) is 2.22. The number of halogens is 1. The second-order valence-electron chi connectivity index (χ2n) is 3.26. The largest absolute Gasteiger partial charge is 0.375 e. The van der Waals surface area contributed by atoms with Gasteiger partial charge in [0.05, 0.1) is 12.1 Å². The van der Waals surface area contributed by atoms with Crippen molar-refractivity contribution >= 4 is 6.29 Å². The molecule has 2 atom stereocenters. The van der Waals surface area contributed by atoms with Crippen LogP contribution >= 0.6 is 0 Å². The Balaban J connectivity index is 2.87. The number of alkyl halides is 1. The Hall–Kier alpha value is -1.26. The highest BCUT2D eigenvalue weighted by molar-refractivity contribution is 5.74. The van der Waals surface area contributed by atoms with E-state index >= 15 is 0 Å². The molecule has 0 aliphatic heterocycles. The SMILES string of the molecule is CO[C@H](c1ccc(C=O)cc1)[C@H](N)CF. The summed E-state index contributed by atoms with van der Waals surface area (Å²) < 4.78 is 17.5. The number of ether oxygens (including phenoxy) is 1. The average Bonchev–Trinajstić information content (AvgIpc) is 2.30. The van der Waals surface area contributed by atoms with Gasteiger partial charge >= 0.3 is 0 Å². The van der Waals surface area contributed by atoms with E-state index in [-0.39, 0.29) is 0 Å². The summed E-state index contributed by atoms with van der Waals surface area (Å²) in [6.07, 6.45) is 0.274. The molecule has 0 bridgehead atoms. The molecule has 0 saturated carbocycles. The average molecular weight is 211 g/mol. The molecule has 0 amide bonds. The Morgan fingerprint density at radius 2 is 2.07 bits per heavy atom. The predicted octanol–water partition coefficient (Wildman–Crippen LogP) is 1.48. The Bertz CT molecular complexity index is 313. The zero-order valence-electron chi connectivity index (χ0n) is 8.52. The first-order valence-corrected chi connectivity index (χ1v) is 4.62. The maximum atomic E-state index is 12.4. The second kappa shape index (κ2) is 5.58. The maximum absolute atomic E-state index is 12.4. The van der Waals surface area contributed by atoms with Crippen LogP contribution in [0.2, 0.25) is 0 Å². The van der Waals surface area contributed by atoms with Gasteiger partial charge in [0.15, 0.2) is 0 Å². The smallest absolute Gasteiger partial charge is 0.150 e. The topological polar surface area (TPSA) is 52.3 Å². The van der Waals surface area contributed by atoms with Crippen molar-refractivity contribution in [1.82, 2.24) is 0 Å². The number of carbonyl (C=O) groups is 1. The number of carbonyl (C=O) groups excluding carboxylic acids is 1. The quantitative estimate of drug-likeness (QED) is 0.750. The summed E-state index contributed by atoms with van der Waals surface area (Å²) in [5, 5.41) is 0. The monoisotopic (exact) mass is 211 g/mol. The normalized spacial score (nSPS) is 14.6. The lowest BCUT2D eigenvalue weighted by Crippen LogP contribution is -2.31. The van der Waals surface area contributed by atoms with Crippen molar-refractivity contribution in [2.45, 2.75) is 12.1 Å². The lowest BCUT2D eigenvalue weighted by molar-refractivity contribution is 0.0720. The van der Waals surface area contributed by atoms with Gasteiger partial charge in [-0.15, -0.1) is 0 Å². The molecule has 0 aromatic heterocycles. The molecule has 15 heavy (non-hydrogen) atoms. The van der Waals surface area contributed by atoms with E-state index in [1.165, 1.54) is 7.11 Å². The van der Waals surface area contributed by atoms with Crippen LogP contribution in [-0.2, 0) is 4.74 Å². The second-order valence-corrected chi connectivity index (χ2v) is 3.26. The highest BCUT2D eigenvalue weighted by Gasteiger charge is 2.18. The molecule has 0 unspecified atom stereocenters. The molecule has 0 saturated heterocycles. The summed E-state index contributed by atoms with van der Waals surface area (Å²) >= 11 is 0. The molecule has 0 spiro atoms. The molecule has 1 aromatic rings. The van der Waals surface area contributed by atoms with Crippen LogP contribution in [0.5, 0.6) is 0 Å². The fourth-order valence-electron chi connectivity index (χ4n) is 1.40. The van der Waals surface area contributed by atoms with E-state index in [0.29, 0.717) is 5.56 Å². The molecule has 4 heteroatoms.